The molecule has 1 unspecified atom stereocenters. The van der Waals surface area contributed by atoms with Gasteiger partial charge in [-0.1, -0.05) is 0 Å². The molecule has 0 aliphatic carbocycles. The molecule has 0 spiro atoms. The number of hydrogen-bond acceptors (Lipinski definition) is 7. The van der Waals surface area contributed by atoms with Crippen LogP contribution in [0.15, 0.2) is 10.7 Å². The highest BCUT2D eigenvalue weighted by molar-refractivity contribution is 8.04. The van der Waals surface area contributed by atoms with Gasteiger partial charge in [0.1, 0.15) is 5.70 Å². The molecule has 0 aromatic carbocycles. The minimum atomic E-state index is -1.97. The van der Waals surface area contributed by atoms with Gasteiger partial charge in [-0.15, -0.1) is 0 Å². The lowest BCUT2D eigenvalue weighted by Crippen LogP contribution is -2.54. The van der Waals surface area contributed by atoms with Crippen molar-refractivity contribution in [2.75, 3.05) is 7.05 Å². The quantitative estimate of drug-likeness (QED) is 0.394. The molecule has 1 atom stereocenters. The van der Waals surface area contributed by atoms with Crippen LogP contribution >= 0.6 is 11.8 Å². The van der Waals surface area contributed by atoms with E-state index >= 15 is 0 Å². The molecule has 0 radical (unpaired) electrons. The Morgan fingerprint density at radius 2 is 2.00 bits per heavy atom. The maximum Gasteiger partial charge on any atom is 0.412 e. The molecular formula is C5H8N4O4S. The van der Waals surface area contributed by atoms with Gasteiger partial charge in [-0.25, -0.2) is 5.73 Å². The number of nitrogens with two attached hydrogens (primary N) is 1. The fourth-order valence-corrected chi connectivity index (χ4v) is 1.99. The van der Waals surface area contributed by atoms with Gasteiger partial charge in [0.2, 0.25) is 0 Å². The standard InChI is InChI=1S/C5H8N4O4S/c1-3-4(8(10)11)14-5(6,7(3)2)9(12)13/h6H2,1-2H3. The molecule has 0 saturated heterocycles. The van der Waals surface area contributed by atoms with Crippen LogP contribution in [0.5, 0.6) is 0 Å². The first kappa shape index (κ1) is 10.7. The lowest BCUT2D eigenvalue weighted by Gasteiger charge is -2.22. The van der Waals surface area contributed by atoms with E-state index in [1.165, 1.54) is 14.0 Å². The number of allylic oxidation sites excluding steroid dienone is 1. The van der Waals surface area contributed by atoms with Gasteiger partial charge in [0.25, 0.3) is 0 Å². The molecule has 1 aliphatic rings. The minimum Gasteiger partial charge on any atom is -0.284 e. The number of thioether (sulfide) groups is 1. The maximum absolute atomic E-state index is 10.6. The Balaban J connectivity index is 3.10. The molecule has 1 heterocycles. The van der Waals surface area contributed by atoms with E-state index < -0.39 is 15.0 Å². The van der Waals surface area contributed by atoms with Crippen molar-refractivity contribution < 1.29 is 9.85 Å². The molecule has 0 bridgehead atoms. The van der Waals surface area contributed by atoms with E-state index in [4.69, 9.17) is 5.73 Å². The fraction of sp³-hybridized carbons (Fsp3) is 0.600. The van der Waals surface area contributed by atoms with E-state index in [9.17, 15) is 20.2 Å². The second-order valence-corrected chi connectivity index (χ2v) is 3.92. The predicted molar refractivity (Wildman–Crippen MR) is 49.0 cm³/mol. The maximum atomic E-state index is 10.6. The van der Waals surface area contributed by atoms with E-state index in [0.29, 0.717) is 11.8 Å². The molecule has 0 aromatic heterocycles. The second-order valence-electron chi connectivity index (χ2n) is 2.72. The highest BCUT2D eigenvalue weighted by Crippen LogP contribution is 2.42. The van der Waals surface area contributed by atoms with Crippen LogP contribution in [0.3, 0.4) is 0 Å². The van der Waals surface area contributed by atoms with Crippen LogP contribution in [-0.2, 0) is 0 Å². The lowest BCUT2D eigenvalue weighted by atomic mass is 10.4. The first-order valence-electron chi connectivity index (χ1n) is 3.52. The van der Waals surface area contributed by atoms with Crippen LogP contribution in [-0.4, -0.2) is 26.9 Å². The number of rotatable bonds is 2. The zero-order chi connectivity index (χ0) is 11.1. The average molecular weight is 220 g/mol. The van der Waals surface area contributed by atoms with Crippen molar-refractivity contribution >= 4 is 11.8 Å². The van der Waals surface area contributed by atoms with Crippen LogP contribution in [0.25, 0.3) is 0 Å². The smallest absolute Gasteiger partial charge is 0.284 e. The highest BCUT2D eigenvalue weighted by Gasteiger charge is 2.55. The van der Waals surface area contributed by atoms with Crippen molar-refractivity contribution in [3.63, 3.8) is 0 Å². The molecule has 78 valence electrons. The molecule has 8 nitrogen and oxygen atoms in total. The topological polar surface area (TPSA) is 116 Å². The zero-order valence-electron chi connectivity index (χ0n) is 7.46. The first-order valence-corrected chi connectivity index (χ1v) is 4.34. The summed E-state index contributed by atoms with van der Waals surface area (Å²) >= 11 is 0.431. The highest BCUT2D eigenvalue weighted by atomic mass is 32.2. The van der Waals surface area contributed by atoms with Crippen LogP contribution in [0.2, 0.25) is 0 Å². The fourth-order valence-electron chi connectivity index (χ4n) is 0.997. The number of hydrogen-bond donors (Lipinski definition) is 1. The zero-order valence-corrected chi connectivity index (χ0v) is 8.28. The summed E-state index contributed by atoms with van der Waals surface area (Å²) in [5.41, 5.74) is 5.60. The summed E-state index contributed by atoms with van der Waals surface area (Å²) in [5.74, 6) is 0. The Bertz CT molecular complexity index is 343. The Labute approximate surface area is 83.0 Å². The van der Waals surface area contributed by atoms with E-state index in [-0.39, 0.29) is 10.7 Å². The summed E-state index contributed by atoms with van der Waals surface area (Å²) in [5, 5.41) is 18.9. The van der Waals surface area contributed by atoms with Crippen LogP contribution in [0, 0.1) is 20.2 Å². The van der Waals surface area contributed by atoms with Gasteiger partial charge in [0.05, 0.1) is 21.6 Å². The van der Waals surface area contributed by atoms with Crippen molar-refractivity contribution in [3.05, 3.63) is 31.0 Å². The van der Waals surface area contributed by atoms with E-state index in [1.54, 1.807) is 0 Å². The largest absolute Gasteiger partial charge is 0.412 e. The molecule has 1 rings (SSSR count). The van der Waals surface area contributed by atoms with Gasteiger partial charge < -0.3 is 0 Å². The van der Waals surface area contributed by atoms with Crippen molar-refractivity contribution in [2.45, 2.75) is 12.0 Å². The molecule has 14 heavy (non-hydrogen) atoms. The predicted octanol–water partition coefficient (Wildman–Crippen LogP) is -0.0226. The number of nitrogens with zero attached hydrogens (tertiary/aromatic N) is 3. The van der Waals surface area contributed by atoms with Crippen molar-refractivity contribution in [1.29, 1.82) is 0 Å². The summed E-state index contributed by atoms with van der Waals surface area (Å²) in [6, 6.07) is 0. The number of nitro groups is 2. The third-order valence-corrected chi connectivity index (χ3v) is 3.33. The normalized spacial score (nSPS) is 26.9. The average Bonchev–Trinajstić information content (AvgIpc) is 2.31. The van der Waals surface area contributed by atoms with E-state index in [1.807, 2.05) is 0 Å². The summed E-state index contributed by atoms with van der Waals surface area (Å²) in [6.45, 7) is 1.42. The van der Waals surface area contributed by atoms with Gasteiger partial charge in [0.15, 0.2) is 0 Å². The van der Waals surface area contributed by atoms with E-state index in [2.05, 4.69) is 0 Å². The lowest BCUT2D eigenvalue weighted by molar-refractivity contribution is -0.561. The molecule has 1 aliphatic heterocycles. The Hall–Kier alpha value is -1.35. The molecular weight excluding hydrogens is 212 g/mol. The summed E-state index contributed by atoms with van der Waals surface area (Å²) in [4.78, 5) is 20.8. The minimum absolute atomic E-state index is 0.194. The summed E-state index contributed by atoms with van der Waals surface area (Å²) in [6.07, 6.45) is 0. The molecule has 2 N–H and O–H groups in total. The monoisotopic (exact) mass is 220 g/mol. The molecule has 0 saturated carbocycles. The van der Waals surface area contributed by atoms with Crippen LogP contribution < -0.4 is 5.73 Å². The van der Waals surface area contributed by atoms with Gasteiger partial charge in [-0.3, -0.25) is 25.1 Å². The van der Waals surface area contributed by atoms with Gasteiger partial charge in [0, 0.05) is 7.05 Å². The van der Waals surface area contributed by atoms with Gasteiger partial charge in [-0.05, 0) is 6.92 Å². The van der Waals surface area contributed by atoms with Crippen molar-refractivity contribution in [3.8, 4) is 0 Å². The summed E-state index contributed by atoms with van der Waals surface area (Å²) in [7, 11) is 1.35. The van der Waals surface area contributed by atoms with E-state index in [0.717, 1.165) is 4.90 Å². The Morgan fingerprint density at radius 3 is 2.21 bits per heavy atom. The Kier molecular flexibility index (Phi) is 2.37. The third kappa shape index (κ3) is 1.30. The van der Waals surface area contributed by atoms with Crippen LogP contribution in [0.4, 0.5) is 0 Å². The van der Waals surface area contributed by atoms with Crippen LogP contribution in [0.1, 0.15) is 6.92 Å². The molecule has 0 amide bonds. The molecule has 9 heteroatoms. The third-order valence-electron chi connectivity index (χ3n) is 1.97. The Morgan fingerprint density at radius 1 is 1.50 bits per heavy atom. The summed E-state index contributed by atoms with van der Waals surface area (Å²) < 4.78 is 0. The van der Waals surface area contributed by atoms with Gasteiger partial charge in [-0.2, -0.15) is 0 Å². The van der Waals surface area contributed by atoms with Crippen molar-refractivity contribution in [2.24, 2.45) is 5.73 Å². The SMILES string of the molecule is CC1=C([N+](=O)[O-])SC(N)([N+](=O)[O-])N1C. The first-order chi connectivity index (χ1) is 6.30. The molecule has 0 fully saturated rings. The second kappa shape index (κ2) is 3.10. The molecule has 0 aromatic rings. The van der Waals surface area contributed by atoms with Crippen molar-refractivity contribution in [1.82, 2.24) is 4.90 Å². The van der Waals surface area contributed by atoms with Gasteiger partial charge >= 0.3 is 10.1 Å².